The zero-order valence-corrected chi connectivity index (χ0v) is 23.9. The predicted molar refractivity (Wildman–Crippen MR) is 163 cm³/mol. The number of Topliss-reactive ketones (excluding diaryl/α,β-unsaturated/α-hetero) is 1. The first-order chi connectivity index (χ1) is 19.3. The minimum absolute atomic E-state index is 0.0242. The quantitative estimate of drug-likeness (QED) is 0.165. The Morgan fingerprint density at radius 3 is 2.12 bits per heavy atom. The number of hydrogen-bond acceptors (Lipinski definition) is 4. The van der Waals surface area contributed by atoms with Crippen molar-refractivity contribution in [3.8, 4) is 22.5 Å². The van der Waals surface area contributed by atoms with Gasteiger partial charge in [-0.05, 0) is 37.0 Å². The molecule has 0 saturated heterocycles. The number of sulfonamides is 1. The van der Waals surface area contributed by atoms with Crippen LogP contribution >= 0.6 is 0 Å². The van der Waals surface area contributed by atoms with Crippen molar-refractivity contribution in [3.05, 3.63) is 114 Å². The van der Waals surface area contributed by atoms with E-state index in [-0.39, 0.29) is 5.78 Å². The molecule has 5 aromatic rings. The lowest BCUT2D eigenvalue weighted by atomic mass is 9.96. The molecule has 0 radical (unpaired) electrons. The van der Waals surface area contributed by atoms with Crippen LogP contribution < -0.4 is 4.31 Å². The fourth-order valence-electron chi connectivity index (χ4n) is 5.09. The van der Waals surface area contributed by atoms with Gasteiger partial charge in [0.2, 0.25) is 10.0 Å². The Kier molecular flexibility index (Phi) is 7.90. The molecular formula is C34H33NO4S. The van der Waals surface area contributed by atoms with Crippen molar-refractivity contribution in [2.24, 2.45) is 0 Å². The number of furan rings is 1. The standard InChI is InChI=1S/C34H33NO4S/c1-4-31(36)33-29-22-28(26-15-9-6-10-16-26)30(23-32(29)39-34(33)27-19-17-24(2)18-20-27)35(40(3,37)38)21-11-14-25-12-7-5-8-13-25/h5-10,12-13,15-20,22-23H,4,11,14,21H2,1-3H3. The molecule has 204 valence electrons. The summed E-state index contributed by atoms with van der Waals surface area (Å²) in [6.45, 7) is 4.16. The highest BCUT2D eigenvalue weighted by atomic mass is 32.2. The number of carbonyl (C=O) groups is 1. The maximum atomic E-state index is 13.3. The molecule has 40 heavy (non-hydrogen) atoms. The second kappa shape index (κ2) is 11.5. The molecule has 4 aromatic carbocycles. The molecule has 0 aliphatic carbocycles. The SMILES string of the molecule is CCC(=O)c1c(-c2ccc(C)cc2)oc2cc(N(CCCc3ccccc3)S(C)(=O)=O)c(-c3ccccc3)cc12. The van der Waals surface area contributed by atoms with E-state index in [9.17, 15) is 13.2 Å². The summed E-state index contributed by atoms with van der Waals surface area (Å²) >= 11 is 0. The van der Waals surface area contributed by atoms with Gasteiger partial charge in [0.05, 0.1) is 17.5 Å². The fraction of sp³-hybridized carbons (Fsp3) is 0.206. The lowest BCUT2D eigenvalue weighted by Gasteiger charge is -2.25. The summed E-state index contributed by atoms with van der Waals surface area (Å²) in [6.07, 6.45) is 2.96. The second-order valence-corrected chi connectivity index (χ2v) is 12.0. The van der Waals surface area contributed by atoms with Crippen LogP contribution in [0.5, 0.6) is 0 Å². The third kappa shape index (κ3) is 5.73. The summed E-state index contributed by atoms with van der Waals surface area (Å²) < 4.78 is 34.3. The molecule has 0 fully saturated rings. The number of aryl methyl sites for hydroxylation is 2. The van der Waals surface area contributed by atoms with Crippen molar-refractivity contribution in [1.29, 1.82) is 0 Å². The van der Waals surface area contributed by atoms with E-state index in [1.807, 2.05) is 105 Å². The van der Waals surface area contributed by atoms with Crippen molar-refractivity contribution in [1.82, 2.24) is 0 Å². The molecule has 6 heteroatoms. The van der Waals surface area contributed by atoms with Crippen LogP contribution in [-0.2, 0) is 16.4 Å². The molecule has 0 spiro atoms. The van der Waals surface area contributed by atoms with Gasteiger partial charge in [0.1, 0.15) is 11.3 Å². The normalized spacial score (nSPS) is 11.6. The molecule has 5 rings (SSSR count). The van der Waals surface area contributed by atoms with Crippen molar-refractivity contribution < 1.29 is 17.6 Å². The second-order valence-electron chi connectivity index (χ2n) is 10.1. The van der Waals surface area contributed by atoms with Crippen LogP contribution in [-0.4, -0.2) is 27.0 Å². The smallest absolute Gasteiger partial charge is 0.232 e. The summed E-state index contributed by atoms with van der Waals surface area (Å²) in [5, 5.41) is 0.683. The predicted octanol–water partition coefficient (Wildman–Crippen LogP) is 8.07. The van der Waals surface area contributed by atoms with Crippen LogP contribution in [0, 0.1) is 6.92 Å². The minimum Gasteiger partial charge on any atom is -0.455 e. The van der Waals surface area contributed by atoms with Gasteiger partial charge in [-0.15, -0.1) is 0 Å². The number of rotatable bonds is 10. The number of hydrogen-bond donors (Lipinski definition) is 0. The molecule has 0 aliphatic rings. The lowest BCUT2D eigenvalue weighted by Crippen LogP contribution is -2.31. The van der Waals surface area contributed by atoms with E-state index in [1.165, 1.54) is 10.6 Å². The number of anilines is 1. The van der Waals surface area contributed by atoms with Gasteiger partial charge < -0.3 is 4.42 Å². The Morgan fingerprint density at radius 2 is 1.50 bits per heavy atom. The highest BCUT2D eigenvalue weighted by Crippen LogP contribution is 2.42. The van der Waals surface area contributed by atoms with Crippen LogP contribution in [0.25, 0.3) is 33.4 Å². The summed E-state index contributed by atoms with van der Waals surface area (Å²) in [7, 11) is -3.63. The topological polar surface area (TPSA) is 67.6 Å². The van der Waals surface area contributed by atoms with Gasteiger partial charge in [0, 0.05) is 35.5 Å². The summed E-state index contributed by atoms with van der Waals surface area (Å²) in [5.41, 5.74) is 6.23. The van der Waals surface area contributed by atoms with Crippen molar-refractivity contribution in [3.63, 3.8) is 0 Å². The molecule has 0 N–H and O–H groups in total. The van der Waals surface area contributed by atoms with Gasteiger partial charge >= 0.3 is 0 Å². The number of benzene rings is 4. The highest BCUT2D eigenvalue weighted by molar-refractivity contribution is 7.92. The van der Waals surface area contributed by atoms with Gasteiger partial charge in [-0.25, -0.2) is 8.42 Å². The Labute approximate surface area is 236 Å². The highest BCUT2D eigenvalue weighted by Gasteiger charge is 2.27. The van der Waals surface area contributed by atoms with Crippen LogP contribution in [0.3, 0.4) is 0 Å². The monoisotopic (exact) mass is 551 g/mol. The maximum absolute atomic E-state index is 13.3. The Balaban J connectivity index is 1.69. The summed E-state index contributed by atoms with van der Waals surface area (Å²) in [5.74, 6) is 0.483. The van der Waals surface area contributed by atoms with Gasteiger partial charge in [0.25, 0.3) is 0 Å². The van der Waals surface area contributed by atoms with E-state index in [2.05, 4.69) is 0 Å². The first kappa shape index (κ1) is 27.4. The molecule has 0 unspecified atom stereocenters. The van der Waals surface area contributed by atoms with Crippen molar-refractivity contribution >= 4 is 32.5 Å². The average Bonchev–Trinajstić information content (AvgIpc) is 3.33. The van der Waals surface area contributed by atoms with Crippen LogP contribution in [0.15, 0.2) is 101 Å². The van der Waals surface area contributed by atoms with E-state index in [0.717, 1.165) is 34.2 Å². The van der Waals surface area contributed by atoms with Crippen LogP contribution in [0.2, 0.25) is 0 Å². The molecule has 0 amide bonds. The van der Waals surface area contributed by atoms with E-state index < -0.39 is 10.0 Å². The van der Waals surface area contributed by atoms with Gasteiger partial charge in [0.15, 0.2) is 5.78 Å². The van der Waals surface area contributed by atoms with E-state index in [0.29, 0.717) is 47.4 Å². The van der Waals surface area contributed by atoms with E-state index >= 15 is 0 Å². The van der Waals surface area contributed by atoms with Crippen LogP contribution in [0.1, 0.15) is 41.3 Å². The Morgan fingerprint density at radius 1 is 0.850 bits per heavy atom. The molecule has 0 saturated carbocycles. The maximum Gasteiger partial charge on any atom is 0.232 e. The van der Waals surface area contributed by atoms with Gasteiger partial charge in [-0.1, -0.05) is 97.4 Å². The van der Waals surface area contributed by atoms with Gasteiger partial charge in [-0.2, -0.15) is 0 Å². The Bertz CT molecular complexity index is 1740. The molecule has 5 nitrogen and oxygen atoms in total. The van der Waals surface area contributed by atoms with Crippen molar-refractivity contribution in [2.75, 3.05) is 17.1 Å². The average molecular weight is 552 g/mol. The molecular weight excluding hydrogens is 518 g/mol. The van der Waals surface area contributed by atoms with E-state index in [1.54, 1.807) is 6.07 Å². The fourth-order valence-corrected chi connectivity index (χ4v) is 6.05. The summed E-state index contributed by atoms with van der Waals surface area (Å²) in [4.78, 5) is 13.3. The third-order valence-electron chi connectivity index (χ3n) is 7.14. The molecule has 0 bridgehead atoms. The third-order valence-corrected chi connectivity index (χ3v) is 8.32. The minimum atomic E-state index is -3.63. The van der Waals surface area contributed by atoms with E-state index in [4.69, 9.17) is 4.42 Å². The zero-order chi connectivity index (χ0) is 28.3. The number of nitrogens with zero attached hydrogens (tertiary/aromatic N) is 1. The summed E-state index contributed by atoms with van der Waals surface area (Å²) in [6, 6.07) is 31.3. The first-order valence-electron chi connectivity index (χ1n) is 13.5. The van der Waals surface area contributed by atoms with Gasteiger partial charge in [-0.3, -0.25) is 9.10 Å². The van der Waals surface area contributed by atoms with Crippen molar-refractivity contribution in [2.45, 2.75) is 33.1 Å². The molecule has 0 aliphatic heterocycles. The largest absolute Gasteiger partial charge is 0.455 e. The Hall–Kier alpha value is -4.16. The first-order valence-corrected chi connectivity index (χ1v) is 15.4. The number of carbonyl (C=O) groups excluding carboxylic acids is 1. The zero-order valence-electron chi connectivity index (χ0n) is 23.1. The molecule has 0 atom stereocenters. The lowest BCUT2D eigenvalue weighted by molar-refractivity contribution is 0.0989. The molecule has 1 heterocycles. The number of fused-ring (bicyclic) bond motifs is 1. The van der Waals surface area contributed by atoms with Crippen LogP contribution in [0.4, 0.5) is 5.69 Å². The number of ketones is 1. The molecule has 1 aromatic heterocycles.